The average molecular weight is 192 g/mol. The zero-order valence-electron chi connectivity index (χ0n) is 7.18. The van der Waals surface area contributed by atoms with Gasteiger partial charge >= 0.3 is 12.1 Å². The van der Waals surface area contributed by atoms with Gasteiger partial charge < -0.3 is 10.5 Å². The highest BCUT2D eigenvalue weighted by atomic mass is 16.6. The summed E-state index contributed by atoms with van der Waals surface area (Å²) >= 11 is 0. The predicted octanol–water partition coefficient (Wildman–Crippen LogP) is -1.40. The maximum absolute atomic E-state index is 10.5. The van der Waals surface area contributed by atoms with Crippen molar-refractivity contribution >= 4 is 6.09 Å². The second-order valence-corrected chi connectivity index (χ2v) is 2.79. The third-order valence-electron chi connectivity index (χ3n) is 1.69. The van der Waals surface area contributed by atoms with Crippen LogP contribution in [0.3, 0.4) is 0 Å². The fourth-order valence-corrected chi connectivity index (χ4v) is 1.22. The predicted molar refractivity (Wildman–Crippen MR) is 46.3 cm³/mol. The molecule has 1 aliphatic heterocycles. The highest BCUT2D eigenvalue weighted by molar-refractivity contribution is 5.65. The van der Waals surface area contributed by atoms with E-state index in [1.807, 2.05) is 0 Å². The molecule has 2 rings (SSSR count). The first-order chi connectivity index (χ1) is 6.59. The minimum atomic E-state index is -1.70. The molecule has 1 aliphatic rings. The van der Waals surface area contributed by atoms with Crippen molar-refractivity contribution in [2.75, 3.05) is 0 Å². The van der Waals surface area contributed by atoms with Crippen LogP contribution in [0, 0.1) is 0 Å². The number of fused-ring (bicyclic) bond motifs is 1. The summed E-state index contributed by atoms with van der Waals surface area (Å²) in [6.45, 7) is 0. The molecule has 6 heteroatoms. The summed E-state index contributed by atoms with van der Waals surface area (Å²) in [5, 5.41) is 1.16. The van der Waals surface area contributed by atoms with E-state index in [4.69, 9.17) is 11.5 Å². The average Bonchev–Trinajstić information content (AvgIpc) is 2.38. The number of para-hydroxylation sites is 2. The number of rotatable bonds is 1. The van der Waals surface area contributed by atoms with Crippen molar-refractivity contribution in [3.05, 3.63) is 35.0 Å². The highest BCUT2D eigenvalue weighted by Crippen LogP contribution is 2.07. The summed E-state index contributed by atoms with van der Waals surface area (Å²) in [5.74, 6) is -1.70. The first-order valence-corrected chi connectivity index (χ1v) is 3.91. The number of primary amides is 1. The molecule has 0 aliphatic carbocycles. The molecule has 0 saturated heterocycles. The van der Waals surface area contributed by atoms with Crippen molar-refractivity contribution in [2.24, 2.45) is 21.5 Å². The molecule has 0 saturated carbocycles. The lowest BCUT2D eigenvalue weighted by Crippen LogP contribution is -2.41. The molecule has 0 bridgehead atoms. The van der Waals surface area contributed by atoms with Crippen molar-refractivity contribution in [3.63, 3.8) is 0 Å². The monoisotopic (exact) mass is 192 g/mol. The van der Waals surface area contributed by atoms with E-state index in [1.54, 1.807) is 24.3 Å². The van der Waals surface area contributed by atoms with Gasteiger partial charge in [-0.05, 0) is 12.1 Å². The lowest BCUT2D eigenvalue weighted by atomic mass is 10.3. The van der Waals surface area contributed by atoms with E-state index in [2.05, 4.69) is 14.7 Å². The number of ether oxygens (including phenoxy) is 1. The Morgan fingerprint density at radius 3 is 2.21 bits per heavy atom. The summed E-state index contributed by atoms with van der Waals surface area (Å²) in [6, 6.07) is 7.01. The first kappa shape index (κ1) is 8.64. The zero-order valence-corrected chi connectivity index (χ0v) is 7.18. The minimum Gasteiger partial charge on any atom is -0.386 e. The SMILES string of the molecule is NC(=O)OC1(N)N=c2ccccc2=N1. The van der Waals surface area contributed by atoms with E-state index in [-0.39, 0.29) is 0 Å². The molecule has 0 aromatic heterocycles. The van der Waals surface area contributed by atoms with Gasteiger partial charge in [0.1, 0.15) is 0 Å². The molecule has 1 aromatic carbocycles. The molecule has 6 nitrogen and oxygen atoms in total. The number of nitrogens with zero attached hydrogens (tertiary/aromatic N) is 2. The van der Waals surface area contributed by atoms with Crippen LogP contribution in [0.15, 0.2) is 34.3 Å². The number of hydrogen-bond donors (Lipinski definition) is 2. The Morgan fingerprint density at radius 2 is 1.79 bits per heavy atom. The van der Waals surface area contributed by atoms with Crippen LogP contribution in [0.2, 0.25) is 0 Å². The Labute approximate surface area is 78.9 Å². The Kier molecular flexibility index (Phi) is 1.71. The van der Waals surface area contributed by atoms with E-state index >= 15 is 0 Å². The Morgan fingerprint density at radius 1 is 1.29 bits per heavy atom. The molecule has 4 N–H and O–H groups in total. The third-order valence-corrected chi connectivity index (χ3v) is 1.69. The second-order valence-electron chi connectivity index (χ2n) is 2.79. The number of carbonyl (C=O) groups is 1. The second kappa shape index (κ2) is 2.78. The third kappa shape index (κ3) is 1.42. The maximum atomic E-state index is 10.5. The van der Waals surface area contributed by atoms with Gasteiger partial charge in [-0.25, -0.2) is 14.8 Å². The summed E-state index contributed by atoms with van der Waals surface area (Å²) < 4.78 is 4.56. The van der Waals surface area contributed by atoms with Crippen molar-refractivity contribution in [3.8, 4) is 0 Å². The van der Waals surface area contributed by atoms with Gasteiger partial charge in [0.15, 0.2) is 0 Å². The fourth-order valence-electron chi connectivity index (χ4n) is 1.22. The number of hydrogen-bond acceptors (Lipinski definition) is 5. The maximum Gasteiger partial charge on any atom is 0.409 e. The van der Waals surface area contributed by atoms with Gasteiger partial charge in [-0.3, -0.25) is 5.73 Å². The summed E-state index contributed by atoms with van der Waals surface area (Å²) in [4.78, 5) is 18.3. The van der Waals surface area contributed by atoms with Gasteiger partial charge in [-0.2, -0.15) is 0 Å². The molecule has 0 fully saturated rings. The van der Waals surface area contributed by atoms with Crippen LogP contribution in [0.5, 0.6) is 0 Å². The van der Waals surface area contributed by atoms with E-state index in [9.17, 15) is 4.79 Å². The number of amides is 1. The molecule has 1 aromatic rings. The summed E-state index contributed by atoms with van der Waals surface area (Å²) in [7, 11) is 0. The number of carbonyl (C=O) groups excluding carboxylic acids is 1. The van der Waals surface area contributed by atoms with Crippen molar-refractivity contribution in [1.82, 2.24) is 0 Å². The van der Waals surface area contributed by atoms with Gasteiger partial charge in [0, 0.05) is 0 Å². The zero-order chi connectivity index (χ0) is 10.2. The molecule has 14 heavy (non-hydrogen) atoms. The molecule has 0 radical (unpaired) electrons. The van der Waals surface area contributed by atoms with Crippen LogP contribution in [0.4, 0.5) is 4.79 Å². The van der Waals surface area contributed by atoms with Crippen molar-refractivity contribution < 1.29 is 9.53 Å². The topological polar surface area (TPSA) is 103 Å². The molecule has 1 amide bonds. The van der Waals surface area contributed by atoms with E-state index < -0.39 is 12.1 Å². The van der Waals surface area contributed by atoms with Gasteiger partial charge in [0.2, 0.25) is 0 Å². The quantitative estimate of drug-likeness (QED) is 0.535. The van der Waals surface area contributed by atoms with Crippen molar-refractivity contribution in [1.29, 1.82) is 0 Å². The van der Waals surface area contributed by atoms with E-state index in [0.29, 0.717) is 10.7 Å². The lowest BCUT2D eigenvalue weighted by Gasteiger charge is -2.14. The molecule has 72 valence electrons. The fraction of sp³-hybridized carbons (Fsp3) is 0.125. The number of benzene rings is 1. The molecule has 0 unspecified atom stereocenters. The Bertz CT molecular complexity index is 461. The van der Waals surface area contributed by atoms with Crippen LogP contribution in [-0.4, -0.2) is 12.1 Å². The van der Waals surface area contributed by atoms with Crippen LogP contribution in [0.25, 0.3) is 0 Å². The van der Waals surface area contributed by atoms with E-state index in [1.165, 1.54) is 0 Å². The first-order valence-electron chi connectivity index (χ1n) is 3.91. The van der Waals surface area contributed by atoms with Crippen LogP contribution in [-0.2, 0) is 4.74 Å². The van der Waals surface area contributed by atoms with Crippen molar-refractivity contribution in [2.45, 2.75) is 5.97 Å². The molecule has 0 atom stereocenters. The Balaban J connectivity index is 2.48. The standard InChI is InChI=1S/C8H8N4O2/c9-7(13)14-8(10)11-5-3-1-2-4-6(5)12-8/h1-4H,10H2,(H2,9,13). The van der Waals surface area contributed by atoms with Gasteiger partial charge in [-0.15, -0.1) is 0 Å². The van der Waals surface area contributed by atoms with Gasteiger partial charge in [0.25, 0.3) is 0 Å². The largest absolute Gasteiger partial charge is 0.409 e. The van der Waals surface area contributed by atoms with Gasteiger partial charge in [0.05, 0.1) is 10.7 Å². The summed E-state index contributed by atoms with van der Waals surface area (Å²) in [5.41, 5.74) is 10.4. The normalized spacial score (nSPS) is 16.4. The molecule has 1 heterocycles. The smallest absolute Gasteiger partial charge is 0.386 e. The lowest BCUT2D eigenvalue weighted by molar-refractivity contribution is 0.0342. The molecular formula is C8H8N4O2. The highest BCUT2D eigenvalue weighted by Gasteiger charge is 2.29. The minimum absolute atomic E-state index is 0.580. The molecule has 0 spiro atoms. The van der Waals surface area contributed by atoms with E-state index in [0.717, 1.165) is 0 Å². The van der Waals surface area contributed by atoms with Crippen LogP contribution < -0.4 is 22.2 Å². The van der Waals surface area contributed by atoms with Gasteiger partial charge in [-0.1, -0.05) is 12.1 Å². The van der Waals surface area contributed by atoms with Crippen LogP contribution >= 0.6 is 0 Å². The number of nitrogens with two attached hydrogens (primary N) is 2. The van der Waals surface area contributed by atoms with Crippen LogP contribution in [0.1, 0.15) is 0 Å². The Hall–Kier alpha value is -1.95. The molecular weight excluding hydrogens is 184 g/mol. The summed E-state index contributed by atoms with van der Waals surface area (Å²) in [6.07, 6.45) is -1.01.